The highest BCUT2D eigenvalue weighted by Crippen LogP contribution is 2.37. The molecule has 2 atom stereocenters. The molecule has 1 saturated heterocycles. The van der Waals surface area contributed by atoms with Crippen LogP contribution >= 0.6 is 0 Å². The Labute approximate surface area is 190 Å². The zero-order valence-electron chi connectivity index (χ0n) is 18.0. The molecule has 2 aromatic rings. The Kier molecular flexibility index (Phi) is 6.87. The van der Waals surface area contributed by atoms with Crippen LogP contribution in [0.25, 0.3) is 0 Å². The monoisotopic (exact) mass is 448 g/mol. The number of rotatable bonds is 7. The van der Waals surface area contributed by atoms with E-state index in [0.717, 1.165) is 23.4 Å². The molecule has 2 fully saturated rings. The molecule has 9 heteroatoms. The number of likely N-dealkylation sites (tertiary alicyclic amines) is 1. The second kappa shape index (κ2) is 10.2. The lowest BCUT2D eigenvalue weighted by Crippen LogP contribution is -2.37. The van der Waals surface area contributed by atoms with Crippen molar-refractivity contribution >= 4 is 40.8 Å². The van der Waals surface area contributed by atoms with E-state index in [-0.39, 0.29) is 23.7 Å². The number of benzene rings is 2. The summed E-state index contributed by atoms with van der Waals surface area (Å²) in [5.74, 6) is -2.58. The van der Waals surface area contributed by atoms with Gasteiger partial charge >= 0.3 is 5.97 Å². The number of esters is 1. The average Bonchev–Trinajstić information content (AvgIpc) is 3.08. The first kappa shape index (κ1) is 22.3. The minimum Gasteiger partial charge on any atom is -0.454 e. The number of anilines is 1. The molecule has 3 amide bonds. The van der Waals surface area contributed by atoms with Crippen LogP contribution in [0, 0.1) is 11.8 Å². The van der Waals surface area contributed by atoms with E-state index in [4.69, 9.17) is 4.74 Å². The van der Waals surface area contributed by atoms with Crippen molar-refractivity contribution in [2.24, 2.45) is 22.1 Å². The summed E-state index contributed by atoms with van der Waals surface area (Å²) in [7, 11) is 0. The van der Waals surface area contributed by atoms with Crippen LogP contribution < -0.4 is 5.32 Å². The fourth-order valence-corrected chi connectivity index (χ4v) is 4.13. The number of imide groups is 1. The summed E-state index contributed by atoms with van der Waals surface area (Å²) in [6, 6.07) is 16.0. The van der Waals surface area contributed by atoms with Crippen molar-refractivity contribution in [3.05, 3.63) is 54.6 Å². The highest BCUT2D eigenvalue weighted by molar-refractivity contribution is 6.07. The van der Waals surface area contributed by atoms with Gasteiger partial charge in [0, 0.05) is 5.69 Å². The molecule has 0 aromatic heterocycles. The molecule has 9 nitrogen and oxygen atoms in total. The van der Waals surface area contributed by atoms with Crippen LogP contribution in [0.3, 0.4) is 0 Å². The highest BCUT2D eigenvalue weighted by atomic mass is 16.5. The Morgan fingerprint density at radius 3 is 2.06 bits per heavy atom. The van der Waals surface area contributed by atoms with Gasteiger partial charge in [-0.05, 0) is 49.2 Å². The molecule has 4 rings (SSSR count). The number of amides is 3. The molecule has 1 saturated carbocycles. The largest absolute Gasteiger partial charge is 0.454 e. The number of ether oxygens (including phenoxy) is 1. The Morgan fingerprint density at radius 1 is 0.879 bits per heavy atom. The van der Waals surface area contributed by atoms with Gasteiger partial charge in [0.2, 0.25) is 11.8 Å². The van der Waals surface area contributed by atoms with Crippen molar-refractivity contribution in [2.45, 2.75) is 25.7 Å². The van der Waals surface area contributed by atoms with E-state index in [2.05, 4.69) is 15.5 Å². The van der Waals surface area contributed by atoms with E-state index < -0.39 is 25.0 Å². The number of azo groups is 1. The molecule has 0 radical (unpaired) electrons. The first-order valence-corrected chi connectivity index (χ1v) is 10.9. The lowest BCUT2D eigenvalue weighted by Gasteiger charge is -2.19. The maximum absolute atomic E-state index is 12.4. The van der Waals surface area contributed by atoms with E-state index in [1.165, 1.54) is 0 Å². The summed E-state index contributed by atoms with van der Waals surface area (Å²) >= 11 is 0. The number of hydrogen-bond acceptors (Lipinski definition) is 7. The van der Waals surface area contributed by atoms with Gasteiger partial charge in [0.05, 0.1) is 23.2 Å². The Hall–Kier alpha value is -3.88. The minimum absolute atomic E-state index is 0.310. The molecule has 2 aromatic carbocycles. The van der Waals surface area contributed by atoms with E-state index in [1.807, 2.05) is 30.3 Å². The normalized spacial score (nSPS) is 20.1. The lowest BCUT2D eigenvalue weighted by molar-refractivity contribution is -0.154. The molecule has 0 spiro atoms. The molecule has 1 aliphatic heterocycles. The standard InChI is InChI=1S/C24H24N4O5/c29-21(25-16-10-12-18(13-11-16)27-26-17-6-2-1-3-7-17)15-33-22(30)14-28-23(31)19-8-4-5-9-20(19)24(28)32/h1-3,6-7,10-13,19-20H,4-5,8-9,14-15H2,(H,25,29). The van der Waals surface area contributed by atoms with Crippen LogP contribution in [0.2, 0.25) is 0 Å². The summed E-state index contributed by atoms with van der Waals surface area (Å²) in [6.07, 6.45) is 3.18. The summed E-state index contributed by atoms with van der Waals surface area (Å²) in [5.41, 5.74) is 1.85. The molecule has 0 bridgehead atoms. The summed E-state index contributed by atoms with van der Waals surface area (Å²) < 4.78 is 4.97. The van der Waals surface area contributed by atoms with Gasteiger partial charge in [0.1, 0.15) is 6.54 Å². The third kappa shape index (κ3) is 5.49. The van der Waals surface area contributed by atoms with Gasteiger partial charge in [-0.1, -0.05) is 31.0 Å². The number of carbonyl (C=O) groups excluding carboxylic acids is 4. The van der Waals surface area contributed by atoms with E-state index in [1.54, 1.807) is 24.3 Å². The fraction of sp³-hybridized carbons (Fsp3) is 0.333. The van der Waals surface area contributed by atoms with Gasteiger partial charge < -0.3 is 10.1 Å². The summed E-state index contributed by atoms with van der Waals surface area (Å²) in [6.45, 7) is -0.976. The molecular formula is C24H24N4O5. The number of nitrogens with zero attached hydrogens (tertiary/aromatic N) is 3. The van der Waals surface area contributed by atoms with Crippen molar-refractivity contribution in [3.63, 3.8) is 0 Å². The van der Waals surface area contributed by atoms with Crippen molar-refractivity contribution in [1.82, 2.24) is 4.90 Å². The van der Waals surface area contributed by atoms with E-state index in [9.17, 15) is 19.2 Å². The summed E-state index contributed by atoms with van der Waals surface area (Å²) in [4.78, 5) is 50.0. The smallest absolute Gasteiger partial charge is 0.326 e. The van der Waals surface area contributed by atoms with Crippen molar-refractivity contribution in [1.29, 1.82) is 0 Å². The van der Waals surface area contributed by atoms with Crippen LogP contribution in [-0.2, 0) is 23.9 Å². The molecule has 170 valence electrons. The maximum atomic E-state index is 12.4. The fourth-order valence-electron chi connectivity index (χ4n) is 4.13. The zero-order valence-corrected chi connectivity index (χ0v) is 18.0. The Bertz CT molecular complexity index is 1040. The topological polar surface area (TPSA) is 118 Å². The molecule has 2 unspecified atom stereocenters. The number of nitrogens with one attached hydrogen (secondary N) is 1. The van der Waals surface area contributed by atoms with Crippen LogP contribution in [0.5, 0.6) is 0 Å². The second-order valence-electron chi connectivity index (χ2n) is 8.05. The van der Waals surface area contributed by atoms with Gasteiger partial charge in [0.25, 0.3) is 5.91 Å². The third-order valence-corrected chi connectivity index (χ3v) is 5.77. The summed E-state index contributed by atoms with van der Waals surface area (Å²) in [5, 5.41) is 10.9. The van der Waals surface area contributed by atoms with Gasteiger partial charge in [-0.3, -0.25) is 24.1 Å². The Balaban J connectivity index is 1.23. The van der Waals surface area contributed by atoms with Crippen molar-refractivity contribution < 1.29 is 23.9 Å². The Morgan fingerprint density at radius 2 is 1.45 bits per heavy atom. The molecule has 1 aliphatic carbocycles. The molecular weight excluding hydrogens is 424 g/mol. The van der Waals surface area contributed by atoms with Gasteiger partial charge in [-0.25, -0.2) is 0 Å². The molecule has 33 heavy (non-hydrogen) atoms. The lowest BCUT2D eigenvalue weighted by atomic mass is 9.81. The number of hydrogen-bond donors (Lipinski definition) is 1. The maximum Gasteiger partial charge on any atom is 0.326 e. The SMILES string of the molecule is O=C(COC(=O)CN1C(=O)C2CCCCC2C1=O)Nc1ccc(N=Nc2ccccc2)cc1. The van der Waals surface area contributed by atoms with E-state index >= 15 is 0 Å². The van der Waals surface area contributed by atoms with E-state index in [0.29, 0.717) is 24.2 Å². The number of carbonyl (C=O) groups is 4. The van der Waals surface area contributed by atoms with Gasteiger partial charge in [-0.15, -0.1) is 0 Å². The van der Waals surface area contributed by atoms with Crippen LogP contribution in [0.15, 0.2) is 64.8 Å². The van der Waals surface area contributed by atoms with Gasteiger partial charge in [-0.2, -0.15) is 10.2 Å². The third-order valence-electron chi connectivity index (χ3n) is 5.77. The number of fused-ring (bicyclic) bond motifs is 1. The predicted molar refractivity (Wildman–Crippen MR) is 119 cm³/mol. The van der Waals surface area contributed by atoms with Crippen LogP contribution in [0.1, 0.15) is 25.7 Å². The first-order valence-electron chi connectivity index (χ1n) is 10.9. The molecule has 2 aliphatic rings. The van der Waals surface area contributed by atoms with Crippen LogP contribution in [0.4, 0.5) is 17.1 Å². The predicted octanol–water partition coefficient (Wildman–Crippen LogP) is 3.76. The van der Waals surface area contributed by atoms with Crippen molar-refractivity contribution in [2.75, 3.05) is 18.5 Å². The van der Waals surface area contributed by atoms with Crippen molar-refractivity contribution in [3.8, 4) is 0 Å². The average molecular weight is 448 g/mol. The minimum atomic E-state index is -0.790. The zero-order chi connectivity index (χ0) is 23.2. The first-order chi connectivity index (χ1) is 16.0. The quantitative estimate of drug-likeness (QED) is 0.393. The van der Waals surface area contributed by atoms with Crippen LogP contribution in [-0.4, -0.2) is 41.7 Å². The molecule has 1 heterocycles. The molecule has 1 N–H and O–H groups in total. The highest BCUT2D eigenvalue weighted by Gasteiger charge is 2.48. The van der Waals surface area contributed by atoms with Gasteiger partial charge in [0.15, 0.2) is 6.61 Å². The second-order valence-corrected chi connectivity index (χ2v) is 8.05.